The van der Waals surface area contributed by atoms with Crippen LogP contribution < -0.4 is 9.47 Å². The molecule has 148 valence electrons. The first-order valence-corrected chi connectivity index (χ1v) is 9.50. The Morgan fingerprint density at radius 1 is 1.33 bits per heavy atom. The quantitative estimate of drug-likeness (QED) is 0.616. The van der Waals surface area contributed by atoms with Crippen LogP contribution in [0.25, 0.3) is 0 Å². The van der Waals surface area contributed by atoms with Gasteiger partial charge in [-0.25, -0.2) is 4.98 Å². The van der Waals surface area contributed by atoms with Gasteiger partial charge in [0.15, 0.2) is 11.5 Å². The molecule has 0 atom stereocenters. The Morgan fingerprint density at radius 2 is 2.07 bits per heavy atom. The highest BCUT2D eigenvalue weighted by Crippen LogP contribution is 2.30. The van der Waals surface area contributed by atoms with Gasteiger partial charge in [-0.05, 0) is 37.5 Å². The number of aromatic nitrogens is 1. The maximum absolute atomic E-state index is 12.8. The summed E-state index contributed by atoms with van der Waals surface area (Å²) >= 11 is 1.42. The smallest absolute Gasteiger partial charge is 0.387 e. The molecular weight excluding hydrogens is 374 g/mol. The van der Waals surface area contributed by atoms with Crippen LogP contribution in [-0.4, -0.2) is 36.6 Å². The molecule has 0 unspecified atom stereocenters. The number of ether oxygens (including phenoxy) is 2. The van der Waals surface area contributed by atoms with Crippen LogP contribution in [0, 0.1) is 6.92 Å². The molecule has 0 saturated heterocycles. The van der Waals surface area contributed by atoms with E-state index in [4.69, 9.17) is 4.74 Å². The summed E-state index contributed by atoms with van der Waals surface area (Å²) in [6, 6.07) is 4.72. The normalized spacial score (nSPS) is 10.9. The van der Waals surface area contributed by atoms with E-state index in [1.807, 2.05) is 6.92 Å². The zero-order valence-corrected chi connectivity index (χ0v) is 16.7. The minimum Gasteiger partial charge on any atom is -0.493 e. The van der Waals surface area contributed by atoms with Gasteiger partial charge in [0.25, 0.3) is 5.91 Å². The summed E-state index contributed by atoms with van der Waals surface area (Å²) in [4.78, 5) is 19.4. The molecule has 0 fully saturated rings. The number of alkyl halides is 2. The highest BCUT2D eigenvalue weighted by atomic mass is 32.1. The summed E-state index contributed by atoms with van der Waals surface area (Å²) in [5.41, 5.74) is 1.38. The van der Waals surface area contributed by atoms with E-state index in [-0.39, 0.29) is 24.0 Å². The second-order valence-electron chi connectivity index (χ2n) is 6.15. The fraction of sp³-hybridized carbons (Fsp3) is 0.474. The van der Waals surface area contributed by atoms with Crippen molar-refractivity contribution in [2.45, 2.75) is 46.3 Å². The molecular formula is C19H24F2N2O3S. The maximum atomic E-state index is 12.8. The number of rotatable bonds is 9. The van der Waals surface area contributed by atoms with Crippen molar-refractivity contribution in [3.8, 4) is 11.5 Å². The molecule has 0 N–H and O–H groups in total. The van der Waals surface area contributed by atoms with Crippen LogP contribution in [-0.2, 0) is 13.0 Å². The number of hydrogen-bond donors (Lipinski definition) is 0. The lowest BCUT2D eigenvalue weighted by Gasteiger charge is -2.18. The lowest BCUT2D eigenvalue weighted by Crippen LogP contribution is -2.26. The topological polar surface area (TPSA) is 51.7 Å². The molecule has 0 aliphatic rings. The standard InChI is InChI=1S/C19H24F2N2O3S/c1-5-6-7-16-22-12(2)17(27-16)18(24)23(3)11-13-8-9-14(25-4)15(10-13)26-19(20)21/h8-10,19H,5-7,11H2,1-4H3. The Labute approximate surface area is 161 Å². The molecule has 0 aliphatic carbocycles. The third kappa shape index (κ3) is 5.63. The average molecular weight is 398 g/mol. The van der Waals surface area contributed by atoms with Crippen LogP contribution in [0.1, 0.15) is 45.7 Å². The largest absolute Gasteiger partial charge is 0.493 e. The highest BCUT2D eigenvalue weighted by molar-refractivity contribution is 7.13. The van der Waals surface area contributed by atoms with Gasteiger partial charge in [0.1, 0.15) is 4.88 Å². The van der Waals surface area contributed by atoms with Gasteiger partial charge < -0.3 is 14.4 Å². The van der Waals surface area contributed by atoms with Crippen LogP contribution >= 0.6 is 11.3 Å². The molecule has 1 heterocycles. The van der Waals surface area contributed by atoms with Gasteiger partial charge in [-0.3, -0.25) is 4.79 Å². The van der Waals surface area contributed by atoms with Crippen molar-refractivity contribution in [2.24, 2.45) is 0 Å². The molecule has 2 rings (SSSR count). The van der Waals surface area contributed by atoms with Crippen LogP contribution in [0.5, 0.6) is 11.5 Å². The number of carbonyl (C=O) groups is 1. The number of nitrogens with zero attached hydrogens (tertiary/aromatic N) is 2. The van der Waals surface area contributed by atoms with Gasteiger partial charge >= 0.3 is 6.61 Å². The third-order valence-electron chi connectivity index (χ3n) is 3.99. The Balaban J connectivity index is 2.13. The lowest BCUT2D eigenvalue weighted by atomic mass is 10.2. The van der Waals surface area contributed by atoms with E-state index in [2.05, 4.69) is 16.6 Å². The van der Waals surface area contributed by atoms with Gasteiger partial charge in [0.05, 0.1) is 17.8 Å². The molecule has 1 aromatic carbocycles. The summed E-state index contributed by atoms with van der Waals surface area (Å²) < 4.78 is 34.7. The number of methoxy groups -OCH3 is 1. The molecule has 0 aliphatic heterocycles. The van der Waals surface area contributed by atoms with Crippen molar-refractivity contribution < 1.29 is 23.0 Å². The van der Waals surface area contributed by atoms with Crippen LogP contribution in [0.15, 0.2) is 18.2 Å². The first kappa shape index (κ1) is 21.1. The second kappa shape index (κ2) is 9.64. The Kier molecular flexibility index (Phi) is 7.53. The predicted molar refractivity (Wildman–Crippen MR) is 101 cm³/mol. The summed E-state index contributed by atoms with van der Waals surface area (Å²) in [6.45, 7) is 1.25. The zero-order chi connectivity index (χ0) is 20.0. The van der Waals surface area contributed by atoms with Crippen LogP contribution in [0.2, 0.25) is 0 Å². The van der Waals surface area contributed by atoms with Crippen molar-refractivity contribution in [3.05, 3.63) is 39.3 Å². The van der Waals surface area contributed by atoms with E-state index in [9.17, 15) is 13.6 Å². The van der Waals surface area contributed by atoms with Gasteiger partial charge in [0, 0.05) is 13.6 Å². The van der Waals surface area contributed by atoms with Gasteiger partial charge in [-0.15, -0.1) is 11.3 Å². The minimum atomic E-state index is -2.95. The molecule has 27 heavy (non-hydrogen) atoms. The minimum absolute atomic E-state index is 0.0540. The third-order valence-corrected chi connectivity index (χ3v) is 5.20. The maximum Gasteiger partial charge on any atom is 0.387 e. The molecule has 2 aromatic rings. The Hall–Kier alpha value is -2.22. The fourth-order valence-electron chi connectivity index (χ4n) is 2.61. The second-order valence-corrected chi connectivity index (χ2v) is 7.23. The molecule has 0 saturated carbocycles. The van der Waals surface area contributed by atoms with E-state index in [0.717, 1.165) is 30.0 Å². The molecule has 8 heteroatoms. The molecule has 0 bridgehead atoms. The number of unbranched alkanes of at least 4 members (excludes halogenated alkanes) is 1. The number of aryl methyl sites for hydroxylation is 2. The number of hydrogen-bond acceptors (Lipinski definition) is 5. The number of amides is 1. The molecule has 5 nitrogen and oxygen atoms in total. The van der Waals surface area contributed by atoms with Crippen molar-refractivity contribution in [1.82, 2.24) is 9.88 Å². The summed E-state index contributed by atoms with van der Waals surface area (Å²) in [5, 5.41) is 0.961. The van der Waals surface area contributed by atoms with Crippen molar-refractivity contribution in [1.29, 1.82) is 0 Å². The first-order valence-electron chi connectivity index (χ1n) is 8.69. The number of thiazole rings is 1. The summed E-state index contributed by atoms with van der Waals surface area (Å²) in [5.74, 6) is 0.0217. The SMILES string of the molecule is CCCCc1nc(C)c(C(=O)N(C)Cc2ccc(OC)c(OC(F)F)c2)s1. The molecule has 0 spiro atoms. The molecule has 0 radical (unpaired) electrons. The van der Waals surface area contributed by atoms with E-state index in [1.165, 1.54) is 29.4 Å². The van der Waals surface area contributed by atoms with E-state index >= 15 is 0 Å². The van der Waals surface area contributed by atoms with E-state index < -0.39 is 6.61 Å². The number of carbonyl (C=O) groups excluding carboxylic acids is 1. The van der Waals surface area contributed by atoms with Crippen molar-refractivity contribution in [3.63, 3.8) is 0 Å². The van der Waals surface area contributed by atoms with Crippen LogP contribution in [0.3, 0.4) is 0 Å². The summed E-state index contributed by atoms with van der Waals surface area (Å²) in [7, 11) is 3.05. The average Bonchev–Trinajstić information content (AvgIpc) is 2.99. The van der Waals surface area contributed by atoms with Crippen molar-refractivity contribution in [2.75, 3.05) is 14.2 Å². The highest BCUT2D eigenvalue weighted by Gasteiger charge is 2.20. The molecule has 1 aromatic heterocycles. The Bertz CT molecular complexity index is 780. The monoisotopic (exact) mass is 398 g/mol. The number of halogens is 2. The van der Waals surface area contributed by atoms with Crippen molar-refractivity contribution >= 4 is 17.2 Å². The van der Waals surface area contributed by atoms with Gasteiger partial charge in [0.2, 0.25) is 0 Å². The van der Waals surface area contributed by atoms with Gasteiger partial charge in [-0.1, -0.05) is 19.4 Å². The predicted octanol–water partition coefficient (Wildman–Crippen LogP) is 4.68. The zero-order valence-electron chi connectivity index (χ0n) is 15.9. The number of benzene rings is 1. The van der Waals surface area contributed by atoms with Gasteiger partial charge in [-0.2, -0.15) is 8.78 Å². The van der Waals surface area contributed by atoms with E-state index in [1.54, 1.807) is 19.2 Å². The first-order chi connectivity index (χ1) is 12.8. The Morgan fingerprint density at radius 3 is 2.70 bits per heavy atom. The fourth-order valence-corrected chi connectivity index (χ4v) is 3.71. The summed E-state index contributed by atoms with van der Waals surface area (Å²) in [6.07, 6.45) is 2.98. The molecule has 1 amide bonds. The van der Waals surface area contributed by atoms with Crippen LogP contribution in [0.4, 0.5) is 8.78 Å². The van der Waals surface area contributed by atoms with E-state index in [0.29, 0.717) is 10.4 Å². The lowest BCUT2D eigenvalue weighted by molar-refractivity contribution is -0.0512.